The molecule has 2 heterocycles. The zero-order valence-electron chi connectivity index (χ0n) is 19.0. The van der Waals surface area contributed by atoms with Crippen LogP contribution < -0.4 is 10.0 Å². The van der Waals surface area contributed by atoms with Crippen molar-refractivity contribution in [3.63, 3.8) is 0 Å². The lowest BCUT2D eigenvalue weighted by atomic mass is 10.0. The van der Waals surface area contributed by atoms with E-state index in [0.29, 0.717) is 46.9 Å². The molecule has 0 radical (unpaired) electrons. The molecule has 0 unspecified atom stereocenters. The molecule has 10 heteroatoms. The Balaban J connectivity index is 1.58. The highest BCUT2D eigenvalue weighted by molar-refractivity contribution is 7.89. The number of aromatic nitrogens is 1. The van der Waals surface area contributed by atoms with Crippen LogP contribution in [0.25, 0.3) is 10.4 Å². The van der Waals surface area contributed by atoms with E-state index in [1.807, 2.05) is 17.9 Å². The Bertz CT molecular complexity index is 1250. The van der Waals surface area contributed by atoms with Gasteiger partial charge in [0.1, 0.15) is 0 Å². The average Bonchev–Trinajstić information content (AvgIpc) is 3.67. The number of fused-ring (bicyclic) bond motifs is 1. The average molecular weight is 489 g/mol. The molecular weight excluding hydrogens is 460 g/mol. The van der Waals surface area contributed by atoms with Gasteiger partial charge in [-0.1, -0.05) is 11.3 Å². The number of amides is 2. The molecule has 0 spiro atoms. The molecule has 2 fully saturated rings. The summed E-state index contributed by atoms with van der Waals surface area (Å²) < 4.78 is 29.4. The summed E-state index contributed by atoms with van der Waals surface area (Å²) in [5.41, 5.74) is 2.41. The summed E-state index contributed by atoms with van der Waals surface area (Å²) in [5, 5.41) is 3.16. The van der Waals surface area contributed by atoms with Crippen molar-refractivity contribution in [2.45, 2.75) is 63.9 Å². The number of aryl methyl sites for hydroxylation is 1. The van der Waals surface area contributed by atoms with Gasteiger partial charge in [0.05, 0.1) is 21.0 Å². The Morgan fingerprint density at radius 2 is 2.00 bits per heavy atom. The van der Waals surface area contributed by atoms with Gasteiger partial charge in [-0.25, -0.2) is 18.1 Å². The topological polar surface area (TPSA) is 108 Å². The third-order valence-corrected chi connectivity index (χ3v) is 9.25. The second-order valence-electron chi connectivity index (χ2n) is 9.43. The third-order valence-electron chi connectivity index (χ3n) is 6.69. The molecule has 1 aliphatic heterocycles. The van der Waals surface area contributed by atoms with E-state index in [0.717, 1.165) is 36.1 Å². The first-order valence-electron chi connectivity index (χ1n) is 11.4. The highest BCUT2D eigenvalue weighted by Gasteiger charge is 2.41. The number of benzene rings is 1. The summed E-state index contributed by atoms with van der Waals surface area (Å²) in [7, 11) is -3.87. The standard InChI is InChI=1S/C23H28N4O4S2/c1-12-21(32-23(25-12)26-14(3)28)17-8-18-11-27(13(2)16-6-7-16)22(29)20(18)19(9-17)33(30,31)24-10-15-4-5-15/h8-9,13,15-16,24H,4-7,10-11H2,1-3H3,(H,25,26,28)/t13-/m0/s1. The number of carbonyl (C=O) groups is 2. The van der Waals surface area contributed by atoms with Gasteiger partial charge in [0.15, 0.2) is 5.13 Å². The second kappa shape index (κ2) is 8.18. The van der Waals surface area contributed by atoms with E-state index < -0.39 is 10.0 Å². The van der Waals surface area contributed by atoms with Crippen LogP contribution in [0.4, 0.5) is 5.13 Å². The Morgan fingerprint density at radius 1 is 1.27 bits per heavy atom. The minimum absolute atomic E-state index is 0.0417. The number of sulfonamides is 1. The Labute approximate surface area is 197 Å². The molecule has 33 heavy (non-hydrogen) atoms. The number of thiazole rings is 1. The molecule has 0 saturated heterocycles. The van der Waals surface area contributed by atoms with Gasteiger partial charge in [-0.3, -0.25) is 9.59 Å². The summed E-state index contributed by atoms with van der Waals surface area (Å²) in [4.78, 5) is 31.9. The van der Waals surface area contributed by atoms with Crippen molar-refractivity contribution >= 4 is 38.3 Å². The van der Waals surface area contributed by atoms with Crippen molar-refractivity contribution in [1.29, 1.82) is 0 Å². The van der Waals surface area contributed by atoms with Gasteiger partial charge in [0.25, 0.3) is 5.91 Å². The second-order valence-corrected chi connectivity index (χ2v) is 12.2. The SMILES string of the molecule is CC(=O)Nc1nc(C)c(-c2cc3c(c(S(=O)(=O)NCC4CC4)c2)C(=O)N([C@@H](C)C2CC2)C3)s1. The van der Waals surface area contributed by atoms with Gasteiger partial charge in [0, 0.05) is 26.1 Å². The monoisotopic (exact) mass is 488 g/mol. The summed E-state index contributed by atoms with van der Waals surface area (Å²) >= 11 is 1.30. The van der Waals surface area contributed by atoms with Crippen molar-refractivity contribution in [2.24, 2.45) is 11.8 Å². The van der Waals surface area contributed by atoms with Gasteiger partial charge in [0.2, 0.25) is 15.9 Å². The lowest BCUT2D eigenvalue weighted by Gasteiger charge is -2.24. The maximum absolute atomic E-state index is 13.4. The molecule has 2 aliphatic carbocycles. The molecule has 1 aromatic carbocycles. The molecule has 2 amide bonds. The highest BCUT2D eigenvalue weighted by atomic mass is 32.2. The van der Waals surface area contributed by atoms with Crippen molar-refractivity contribution < 1.29 is 18.0 Å². The third kappa shape index (κ3) is 4.43. The van der Waals surface area contributed by atoms with Crippen LogP contribution in [0.3, 0.4) is 0 Å². The van der Waals surface area contributed by atoms with Gasteiger partial charge in [-0.05, 0) is 74.6 Å². The summed E-state index contributed by atoms with van der Waals surface area (Å²) in [6.45, 7) is 6.10. The molecule has 2 saturated carbocycles. The van der Waals surface area contributed by atoms with Crippen LogP contribution in [-0.2, 0) is 21.4 Å². The number of carbonyl (C=O) groups excluding carboxylic acids is 2. The maximum Gasteiger partial charge on any atom is 0.256 e. The van der Waals surface area contributed by atoms with Crippen LogP contribution in [0.2, 0.25) is 0 Å². The molecule has 8 nitrogen and oxygen atoms in total. The van der Waals surface area contributed by atoms with Crippen LogP contribution in [-0.4, -0.2) is 42.7 Å². The predicted molar refractivity (Wildman–Crippen MR) is 127 cm³/mol. The lowest BCUT2D eigenvalue weighted by molar-refractivity contribution is -0.114. The molecule has 1 atom stereocenters. The zero-order chi connectivity index (χ0) is 23.5. The van der Waals surface area contributed by atoms with Crippen LogP contribution in [0, 0.1) is 18.8 Å². The van der Waals surface area contributed by atoms with Crippen molar-refractivity contribution in [2.75, 3.05) is 11.9 Å². The fourth-order valence-electron chi connectivity index (χ4n) is 4.44. The number of hydrogen-bond acceptors (Lipinski definition) is 6. The van der Waals surface area contributed by atoms with E-state index in [1.165, 1.54) is 18.3 Å². The van der Waals surface area contributed by atoms with E-state index in [9.17, 15) is 18.0 Å². The Morgan fingerprint density at radius 3 is 2.64 bits per heavy atom. The van der Waals surface area contributed by atoms with Crippen molar-refractivity contribution in [1.82, 2.24) is 14.6 Å². The largest absolute Gasteiger partial charge is 0.331 e. The van der Waals surface area contributed by atoms with Crippen molar-refractivity contribution in [3.8, 4) is 10.4 Å². The maximum atomic E-state index is 13.4. The molecule has 0 bridgehead atoms. The van der Waals surface area contributed by atoms with Crippen LogP contribution in [0.15, 0.2) is 17.0 Å². The first-order valence-corrected chi connectivity index (χ1v) is 13.7. The summed E-state index contributed by atoms with van der Waals surface area (Å²) in [6.07, 6.45) is 4.26. The molecule has 3 aliphatic rings. The Hall–Kier alpha value is -2.30. The van der Waals surface area contributed by atoms with E-state index in [2.05, 4.69) is 21.9 Å². The van der Waals surface area contributed by atoms with Gasteiger partial charge < -0.3 is 10.2 Å². The first kappa shape index (κ1) is 22.5. The van der Waals surface area contributed by atoms with Gasteiger partial charge >= 0.3 is 0 Å². The number of anilines is 1. The lowest BCUT2D eigenvalue weighted by Crippen LogP contribution is -2.35. The number of hydrogen-bond donors (Lipinski definition) is 2. The minimum atomic E-state index is -3.87. The summed E-state index contributed by atoms with van der Waals surface area (Å²) in [5.74, 6) is 0.441. The van der Waals surface area contributed by atoms with Gasteiger partial charge in [-0.15, -0.1) is 0 Å². The number of rotatable bonds is 8. The summed E-state index contributed by atoms with van der Waals surface area (Å²) in [6, 6.07) is 3.58. The fraction of sp³-hybridized carbons (Fsp3) is 0.522. The van der Waals surface area contributed by atoms with E-state index in [4.69, 9.17) is 0 Å². The molecule has 176 valence electrons. The van der Waals surface area contributed by atoms with Crippen LogP contribution in [0.1, 0.15) is 61.1 Å². The molecule has 5 rings (SSSR count). The zero-order valence-corrected chi connectivity index (χ0v) is 20.6. The van der Waals surface area contributed by atoms with Crippen LogP contribution >= 0.6 is 11.3 Å². The molecule has 1 aromatic heterocycles. The predicted octanol–water partition coefficient (Wildman–Crippen LogP) is 3.52. The minimum Gasteiger partial charge on any atom is -0.331 e. The fourth-order valence-corrected chi connectivity index (χ4v) is 6.82. The number of nitrogens with one attached hydrogen (secondary N) is 2. The van der Waals surface area contributed by atoms with Crippen LogP contribution in [0.5, 0.6) is 0 Å². The van der Waals surface area contributed by atoms with Crippen molar-refractivity contribution in [3.05, 3.63) is 29.0 Å². The highest BCUT2D eigenvalue weighted by Crippen LogP contribution is 2.42. The first-order chi connectivity index (χ1) is 15.6. The molecule has 2 N–H and O–H groups in total. The van der Waals surface area contributed by atoms with Gasteiger partial charge in [-0.2, -0.15) is 0 Å². The quantitative estimate of drug-likeness (QED) is 0.591. The molecule has 2 aromatic rings. The van der Waals surface area contributed by atoms with E-state index in [-0.39, 0.29) is 22.8 Å². The number of nitrogens with zero attached hydrogens (tertiary/aromatic N) is 2. The van der Waals surface area contributed by atoms with E-state index in [1.54, 1.807) is 6.07 Å². The van der Waals surface area contributed by atoms with E-state index >= 15 is 0 Å². The Kier molecular flexibility index (Phi) is 5.57. The smallest absolute Gasteiger partial charge is 0.256 e. The molecular formula is C23H28N4O4S2. The normalized spacial score (nSPS) is 19.0.